The fraction of sp³-hybridized carbons (Fsp3) is 0.208. The zero-order valence-corrected chi connectivity index (χ0v) is 18.0. The van der Waals surface area contributed by atoms with Crippen molar-refractivity contribution in [3.05, 3.63) is 82.3 Å². The van der Waals surface area contributed by atoms with Crippen LogP contribution in [0.25, 0.3) is 5.70 Å². The predicted molar refractivity (Wildman–Crippen MR) is 124 cm³/mol. The van der Waals surface area contributed by atoms with Crippen molar-refractivity contribution < 1.29 is 4.79 Å². The number of para-hydroxylation sites is 1. The molecule has 4 nitrogen and oxygen atoms in total. The number of allylic oxidation sites excluding steroid dienone is 2. The molecule has 0 radical (unpaired) electrons. The number of carbonyl (C=O) groups excluding carboxylic acids is 1. The molecule has 0 atom stereocenters. The van der Waals surface area contributed by atoms with Gasteiger partial charge in [-0.15, -0.1) is 0 Å². The van der Waals surface area contributed by atoms with Crippen LogP contribution in [0, 0.1) is 11.3 Å². The Morgan fingerprint density at radius 2 is 1.86 bits per heavy atom. The van der Waals surface area contributed by atoms with E-state index in [2.05, 4.69) is 30.6 Å². The maximum atomic E-state index is 12.6. The van der Waals surface area contributed by atoms with Crippen molar-refractivity contribution in [1.29, 1.82) is 5.26 Å². The number of nitrogens with zero attached hydrogens (tertiary/aromatic N) is 2. The lowest BCUT2D eigenvalue weighted by atomic mass is 10.1. The summed E-state index contributed by atoms with van der Waals surface area (Å²) in [6.45, 7) is 8.14. The molecule has 0 aliphatic rings. The standard InChI is InChI=1S/C24H25N3OS/c1-5-17(3)16-29-18(4)26-22(6-2)21-9-7-8-10-23(21)27-24(28)20-13-11-19(15-25)12-14-20/h6-14,16H,5H2,1-4H3,(H,27,28)/b17-16+,22-6-,26-18?. The molecule has 0 heterocycles. The molecule has 1 N–H and O–H groups in total. The molecular weight excluding hydrogens is 378 g/mol. The first-order chi connectivity index (χ1) is 14.0. The van der Waals surface area contributed by atoms with Gasteiger partial charge in [-0.2, -0.15) is 5.26 Å². The van der Waals surface area contributed by atoms with Crippen LogP contribution in [0.4, 0.5) is 5.69 Å². The summed E-state index contributed by atoms with van der Waals surface area (Å²) in [4.78, 5) is 17.4. The van der Waals surface area contributed by atoms with Crippen molar-refractivity contribution >= 4 is 34.1 Å². The van der Waals surface area contributed by atoms with Crippen LogP contribution in [0.2, 0.25) is 0 Å². The second-order valence-corrected chi connectivity index (χ2v) is 7.49. The lowest BCUT2D eigenvalue weighted by Crippen LogP contribution is -2.13. The fourth-order valence-corrected chi connectivity index (χ4v) is 3.14. The highest BCUT2D eigenvalue weighted by Gasteiger charge is 2.11. The summed E-state index contributed by atoms with van der Waals surface area (Å²) in [7, 11) is 0. The highest BCUT2D eigenvalue weighted by Crippen LogP contribution is 2.27. The lowest BCUT2D eigenvalue weighted by molar-refractivity contribution is 0.102. The first kappa shape index (κ1) is 22.2. The Kier molecular flexibility index (Phi) is 8.45. The summed E-state index contributed by atoms with van der Waals surface area (Å²) in [6, 6.07) is 16.2. The highest BCUT2D eigenvalue weighted by molar-refractivity contribution is 8.16. The van der Waals surface area contributed by atoms with E-state index in [-0.39, 0.29) is 5.91 Å². The summed E-state index contributed by atoms with van der Waals surface area (Å²) in [5.74, 6) is -0.228. The summed E-state index contributed by atoms with van der Waals surface area (Å²) in [5.41, 5.74) is 4.67. The van der Waals surface area contributed by atoms with Gasteiger partial charge in [-0.1, -0.05) is 48.5 Å². The van der Waals surface area contributed by atoms with E-state index in [1.165, 1.54) is 5.57 Å². The van der Waals surface area contributed by atoms with Gasteiger partial charge in [0.2, 0.25) is 0 Å². The van der Waals surface area contributed by atoms with Crippen LogP contribution in [0.15, 0.2) is 70.6 Å². The zero-order valence-electron chi connectivity index (χ0n) is 17.2. The third kappa shape index (κ3) is 6.48. The molecule has 0 saturated heterocycles. The molecule has 0 spiro atoms. The number of benzene rings is 2. The Bertz CT molecular complexity index is 996. The van der Waals surface area contributed by atoms with E-state index in [1.807, 2.05) is 44.2 Å². The van der Waals surface area contributed by atoms with Gasteiger partial charge in [0.05, 0.1) is 28.1 Å². The Balaban J connectivity index is 2.26. The molecule has 29 heavy (non-hydrogen) atoms. The molecule has 0 aromatic heterocycles. The van der Waals surface area contributed by atoms with Gasteiger partial charge >= 0.3 is 0 Å². The largest absolute Gasteiger partial charge is 0.321 e. The van der Waals surface area contributed by atoms with Gasteiger partial charge in [0.1, 0.15) is 0 Å². The van der Waals surface area contributed by atoms with Crippen molar-refractivity contribution in [2.75, 3.05) is 5.32 Å². The van der Waals surface area contributed by atoms with Crippen LogP contribution >= 0.6 is 11.8 Å². The molecule has 0 unspecified atom stereocenters. The molecule has 0 bridgehead atoms. The van der Waals surface area contributed by atoms with Gasteiger partial charge in [-0.3, -0.25) is 4.79 Å². The molecule has 0 aliphatic heterocycles. The average Bonchev–Trinajstić information content (AvgIpc) is 2.76. The van der Waals surface area contributed by atoms with E-state index in [1.54, 1.807) is 36.0 Å². The third-order valence-electron chi connectivity index (χ3n) is 4.27. The summed E-state index contributed by atoms with van der Waals surface area (Å²) < 4.78 is 0. The van der Waals surface area contributed by atoms with E-state index >= 15 is 0 Å². The second kappa shape index (κ2) is 11.0. The molecule has 0 saturated carbocycles. The van der Waals surface area contributed by atoms with Crippen molar-refractivity contribution in [2.45, 2.75) is 34.1 Å². The number of hydrogen-bond acceptors (Lipinski definition) is 4. The van der Waals surface area contributed by atoms with Crippen LogP contribution in [0.1, 0.15) is 55.6 Å². The van der Waals surface area contributed by atoms with Gasteiger partial charge in [-0.25, -0.2) is 4.99 Å². The molecule has 5 heteroatoms. The predicted octanol–water partition coefficient (Wildman–Crippen LogP) is 6.64. The van der Waals surface area contributed by atoms with Crippen molar-refractivity contribution in [2.24, 2.45) is 4.99 Å². The minimum absolute atomic E-state index is 0.228. The Labute approximate surface area is 177 Å². The zero-order chi connectivity index (χ0) is 21.2. The molecule has 0 fully saturated rings. The third-order valence-corrected chi connectivity index (χ3v) is 5.22. The van der Waals surface area contributed by atoms with Crippen LogP contribution < -0.4 is 5.32 Å². The number of hydrogen-bond donors (Lipinski definition) is 1. The first-order valence-corrected chi connectivity index (χ1v) is 10.3. The monoisotopic (exact) mass is 403 g/mol. The van der Waals surface area contributed by atoms with Crippen molar-refractivity contribution in [3.8, 4) is 6.07 Å². The number of amides is 1. The van der Waals surface area contributed by atoms with Crippen LogP contribution in [-0.2, 0) is 0 Å². The average molecular weight is 404 g/mol. The van der Waals surface area contributed by atoms with Crippen LogP contribution in [0.3, 0.4) is 0 Å². The highest BCUT2D eigenvalue weighted by atomic mass is 32.2. The van der Waals surface area contributed by atoms with Gasteiger partial charge in [0.25, 0.3) is 5.91 Å². The van der Waals surface area contributed by atoms with Gasteiger partial charge in [0.15, 0.2) is 0 Å². The first-order valence-electron chi connectivity index (χ1n) is 9.43. The second-order valence-electron chi connectivity index (χ2n) is 6.43. The van der Waals surface area contributed by atoms with E-state index < -0.39 is 0 Å². The summed E-state index contributed by atoms with van der Waals surface area (Å²) >= 11 is 1.60. The number of nitrogens with one attached hydrogen (secondary N) is 1. The van der Waals surface area contributed by atoms with E-state index in [9.17, 15) is 4.79 Å². The van der Waals surface area contributed by atoms with Gasteiger partial charge in [-0.05, 0) is 62.9 Å². The van der Waals surface area contributed by atoms with E-state index in [4.69, 9.17) is 10.3 Å². The van der Waals surface area contributed by atoms with E-state index in [0.29, 0.717) is 16.8 Å². The molecule has 2 aromatic carbocycles. The van der Waals surface area contributed by atoms with Gasteiger partial charge < -0.3 is 5.32 Å². The number of thioether (sulfide) groups is 1. The minimum Gasteiger partial charge on any atom is -0.321 e. The molecule has 1 amide bonds. The maximum absolute atomic E-state index is 12.6. The summed E-state index contributed by atoms with van der Waals surface area (Å²) in [6.07, 6.45) is 2.95. The number of aliphatic imine (C=N–C) groups is 1. The Morgan fingerprint density at radius 1 is 1.17 bits per heavy atom. The van der Waals surface area contributed by atoms with Gasteiger partial charge in [0, 0.05) is 11.1 Å². The fourth-order valence-electron chi connectivity index (χ4n) is 2.45. The number of carbonyl (C=O) groups is 1. The molecule has 0 aliphatic carbocycles. The SMILES string of the molecule is C/C=C(\N=C(C)S/C=C(\C)CC)c1ccccc1NC(=O)c1ccc(C#N)cc1. The Hall–Kier alpha value is -3.10. The molecule has 2 aromatic rings. The Morgan fingerprint density at radius 3 is 2.48 bits per heavy atom. The maximum Gasteiger partial charge on any atom is 0.255 e. The minimum atomic E-state index is -0.228. The lowest BCUT2D eigenvalue weighted by Gasteiger charge is -2.12. The van der Waals surface area contributed by atoms with Crippen molar-refractivity contribution in [3.63, 3.8) is 0 Å². The van der Waals surface area contributed by atoms with Crippen LogP contribution in [-0.4, -0.2) is 11.0 Å². The van der Waals surface area contributed by atoms with Crippen molar-refractivity contribution in [1.82, 2.24) is 0 Å². The normalized spacial score (nSPS) is 12.4. The van der Waals surface area contributed by atoms with E-state index in [0.717, 1.165) is 22.7 Å². The molecular formula is C24H25N3OS. The van der Waals surface area contributed by atoms with Crippen LogP contribution in [0.5, 0.6) is 0 Å². The molecule has 2 rings (SSSR count). The molecule has 148 valence electrons. The number of anilines is 1. The quantitative estimate of drug-likeness (QED) is 0.434. The number of nitriles is 1. The topological polar surface area (TPSA) is 65.2 Å². The smallest absolute Gasteiger partial charge is 0.255 e. The number of rotatable bonds is 6. The summed E-state index contributed by atoms with van der Waals surface area (Å²) in [5, 5.41) is 14.9.